The number of anilines is 1. The van der Waals surface area contributed by atoms with Gasteiger partial charge in [0.1, 0.15) is 0 Å². The van der Waals surface area contributed by atoms with Gasteiger partial charge in [0.05, 0.1) is 4.90 Å². The van der Waals surface area contributed by atoms with Crippen molar-refractivity contribution in [3.63, 3.8) is 0 Å². The van der Waals surface area contributed by atoms with Gasteiger partial charge in [0, 0.05) is 17.0 Å². The van der Waals surface area contributed by atoms with E-state index in [0.29, 0.717) is 6.42 Å². The zero-order valence-corrected chi connectivity index (χ0v) is 14.9. The molecule has 7 nitrogen and oxygen atoms in total. The van der Waals surface area contributed by atoms with Crippen LogP contribution in [-0.4, -0.2) is 26.9 Å². The van der Waals surface area contributed by atoms with E-state index in [4.69, 9.17) is 9.88 Å². The molecule has 0 fully saturated rings. The lowest BCUT2D eigenvalue weighted by Gasteiger charge is -2.07. The van der Waals surface area contributed by atoms with Crippen LogP contribution in [0.2, 0.25) is 0 Å². The number of thiophene rings is 1. The van der Waals surface area contributed by atoms with Crippen molar-refractivity contribution in [1.82, 2.24) is 0 Å². The molecule has 1 aromatic heterocycles. The average Bonchev–Trinajstić information content (AvgIpc) is 3.06. The quantitative estimate of drug-likeness (QED) is 0.677. The number of sulfonamides is 1. The number of aryl methyl sites for hydroxylation is 1. The number of carbonyl (C=O) groups excluding carboxylic acids is 2. The number of amides is 1. The van der Waals surface area contributed by atoms with Gasteiger partial charge >= 0.3 is 5.97 Å². The molecule has 1 amide bonds. The zero-order valence-electron chi connectivity index (χ0n) is 13.3. The van der Waals surface area contributed by atoms with Crippen LogP contribution in [0, 0.1) is 0 Å². The topological polar surface area (TPSA) is 116 Å². The lowest BCUT2D eigenvalue weighted by molar-refractivity contribution is -0.147. The summed E-state index contributed by atoms with van der Waals surface area (Å²) >= 11 is 1.63. The smallest absolute Gasteiger partial charge is 0.306 e. The van der Waals surface area contributed by atoms with Crippen LogP contribution in [0.5, 0.6) is 0 Å². The highest BCUT2D eigenvalue weighted by Gasteiger charge is 2.11. The number of nitrogens with one attached hydrogen (secondary N) is 1. The average molecular weight is 382 g/mol. The van der Waals surface area contributed by atoms with Crippen molar-refractivity contribution in [2.45, 2.75) is 24.2 Å². The molecule has 0 atom stereocenters. The molecule has 0 bridgehead atoms. The van der Waals surface area contributed by atoms with Crippen molar-refractivity contribution < 1.29 is 22.7 Å². The molecule has 0 unspecified atom stereocenters. The van der Waals surface area contributed by atoms with Gasteiger partial charge in [0.15, 0.2) is 6.61 Å². The second-order valence-corrected chi connectivity index (χ2v) is 7.81. The second kappa shape index (κ2) is 8.75. The van der Waals surface area contributed by atoms with Crippen LogP contribution in [0.25, 0.3) is 0 Å². The molecular formula is C16H18N2O5S2. The van der Waals surface area contributed by atoms with Crippen LogP contribution in [0.15, 0.2) is 46.7 Å². The first kappa shape index (κ1) is 19.1. The minimum absolute atomic E-state index is 0.115. The van der Waals surface area contributed by atoms with Gasteiger partial charge < -0.3 is 10.1 Å². The van der Waals surface area contributed by atoms with Crippen molar-refractivity contribution in [2.24, 2.45) is 5.14 Å². The SMILES string of the molecule is NS(=O)(=O)c1cccc(NC(=O)COC(=O)CCCc2cccs2)c1. The Morgan fingerprint density at radius 3 is 2.68 bits per heavy atom. The van der Waals surface area contributed by atoms with Gasteiger partial charge in [-0.15, -0.1) is 11.3 Å². The van der Waals surface area contributed by atoms with E-state index in [2.05, 4.69) is 5.32 Å². The largest absolute Gasteiger partial charge is 0.456 e. The number of nitrogens with two attached hydrogens (primary N) is 1. The molecule has 25 heavy (non-hydrogen) atoms. The van der Waals surface area contributed by atoms with Crippen molar-refractivity contribution in [1.29, 1.82) is 0 Å². The molecule has 0 spiro atoms. The van der Waals surface area contributed by atoms with Crippen LogP contribution in [0.1, 0.15) is 17.7 Å². The summed E-state index contributed by atoms with van der Waals surface area (Å²) in [5.74, 6) is -1.01. The maximum Gasteiger partial charge on any atom is 0.306 e. The summed E-state index contributed by atoms with van der Waals surface area (Å²) in [5.41, 5.74) is 0.255. The third-order valence-electron chi connectivity index (χ3n) is 3.19. The van der Waals surface area contributed by atoms with Crippen molar-refractivity contribution >= 4 is 38.9 Å². The first-order valence-electron chi connectivity index (χ1n) is 7.45. The van der Waals surface area contributed by atoms with Crippen LogP contribution in [0.3, 0.4) is 0 Å². The summed E-state index contributed by atoms with van der Waals surface area (Å²) < 4.78 is 27.4. The van der Waals surface area contributed by atoms with Gasteiger partial charge in [-0.2, -0.15) is 0 Å². The molecule has 134 valence electrons. The summed E-state index contributed by atoms with van der Waals surface area (Å²) in [6.07, 6.45) is 1.67. The molecule has 0 aliphatic rings. The Morgan fingerprint density at radius 2 is 2.00 bits per heavy atom. The highest BCUT2D eigenvalue weighted by molar-refractivity contribution is 7.89. The number of ether oxygens (including phenoxy) is 1. The van der Waals surface area contributed by atoms with E-state index >= 15 is 0 Å². The number of carbonyl (C=O) groups is 2. The maximum absolute atomic E-state index is 11.8. The number of esters is 1. The van der Waals surface area contributed by atoms with Crippen LogP contribution in [0.4, 0.5) is 5.69 Å². The van der Waals surface area contributed by atoms with Gasteiger partial charge in [-0.25, -0.2) is 13.6 Å². The lowest BCUT2D eigenvalue weighted by atomic mass is 10.2. The van der Waals surface area contributed by atoms with E-state index in [9.17, 15) is 18.0 Å². The standard InChI is InChI=1S/C16H18N2O5S2/c17-25(21,22)14-7-1-4-12(10-14)18-15(19)11-23-16(20)8-2-5-13-6-3-9-24-13/h1,3-4,6-7,9-10H,2,5,8,11H2,(H,18,19)(H2,17,21,22). The molecule has 0 radical (unpaired) electrons. The number of hydrogen-bond acceptors (Lipinski definition) is 6. The van der Waals surface area contributed by atoms with Gasteiger partial charge in [-0.05, 0) is 42.5 Å². The summed E-state index contributed by atoms with van der Waals surface area (Å²) in [7, 11) is -3.85. The molecule has 0 saturated carbocycles. The summed E-state index contributed by atoms with van der Waals surface area (Å²) in [6, 6.07) is 9.46. The van der Waals surface area contributed by atoms with E-state index < -0.39 is 28.5 Å². The van der Waals surface area contributed by atoms with E-state index in [0.717, 1.165) is 6.42 Å². The van der Waals surface area contributed by atoms with Crippen LogP contribution >= 0.6 is 11.3 Å². The molecule has 1 aromatic carbocycles. The van der Waals surface area contributed by atoms with E-state index in [1.54, 1.807) is 11.3 Å². The Morgan fingerprint density at radius 1 is 1.20 bits per heavy atom. The number of hydrogen-bond donors (Lipinski definition) is 2. The number of rotatable bonds is 8. The predicted octanol–water partition coefficient (Wildman–Crippen LogP) is 1.90. The molecule has 0 aliphatic heterocycles. The van der Waals surface area contributed by atoms with Gasteiger partial charge in [0.25, 0.3) is 5.91 Å². The molecule has 0 aliphatic carbocycles. The highest BCUT2D eigenvalue weighted by Crippen LogP contribution is 2.14. The van der Waals surface area contributed by atoms with E-state index in [1.165, 1.54) is 29.1 Å². The zero-order chi connectivity index (χ0) is 18.3. The molecule has 1 heterocycles. The summed E-state index contributed by atoms with van der Waals surface area (Å²) in [4.78, 5) is 24.5. The Bertz CT molecular complexity index is 832. The predicted molar refractivity (Wildman–Crippen MR) is 94.7 cm³/mol. The molecule has 2 rings (SSSR count). The van der Waals surface area contributed by atoms with Crippen molar-refractivity contribution in [3.05, 3.63) is 46.7 Å². The Hall–Kier alpha value is -2.23. The normalized spacial score (nSPS) is 11.1. The van der Waals surface area contributed by atoms with Gasteiger partial charge in [-0.3, -0.25) is 9.59 Å². The van der Waals surface area contributed by atoms with E-state index in [1.807, 2.05) is 17.5 Å². The highest BCUT2D eigenvalue weighted by atomic mass is 32.2. The van der Waals surface area contributed by atoms with Gasteiger partial charge in [-0.1, -0.05) is 12.1 Å². The Kier molecular flexibility index (Phi) is 6.68. The third kappa shape index (κ3) is 6.65. The molecular weight excluding hydrogens is 364 g/mol. The monoisotopic (exact) mass is 382 g/mol. The minimum atomic E-state index is -3.85. The first-order valence-corrected chi connectivity index (χ1v) is 9.88. The van der Waals surface area contributed by atoms with E-state index in [-0.39, 0.29) is 17.0 Å². The summed E-state index contributed by atoms with van der Waals surface area (Å²) in [5, 5.41) is 9.46. The fraction of sp³-hybridized carbons (Fsp3) is 0.250. The Balaban J connectivity index is 1.74. The molecule has 9 heteroatoms. The van der Waals surface area contributed by atoms with Crippen LogP contribution < -0.4 is 10.5 Å². The van der Waals surface area contributed by atoms with Crippen molar-refractivity contribution in [2.75, 3.05) is 11.9 Å². The van der Waals surface area contributed by atoms with Gasteiger partial charge in [0.2, 0.25) is 10.0 Å². The fourth-order valence-corrected chi connectivity index (χ4v) is 3.34. The minimum Gasteiger partial charge on any atom is -0.456 e. The fourth-order valence-electron chi connectivity index (χ4n) is 2.03. The molecule has 2 aromatic rings. The first-order chi connectivity index (χ1) is 11.8. The molecule has 0 saturated heterocycles. The van der Waals surface area contributed by atoms with Crippen molar-refractivity contribution in [3.8, 4) is 0 Å². The third-order valence-corrected chi connectivity index (χ3v) is 5.04. The lowest BCUT2D eigenvalue weighted by Crippen LogP contribution is -2.21. The molecule has 3 N–H and O–H groups in total. The van der Waals surface area contributed by atoms with Crippen LogP contribution in [-0.2, 0) is 30.8 Å². The second-order valence-electron chi connectivity index (χ2n) is 5.21. The number of benzene rings is 1. The maximum atomic E-state index is 11.8. The Labute approximate surface area is 149 Å². The number of primary sulfonamides is 1. The summed E-state index contributed by atoms with van der Waals surface area (Å²) in [6.45, 7) is -0.433.